The van der Waals surface area contributed by atoms with E-state index in [9.17, 15) is 0 Å². The van der Waals surface area contributed by atoms with Crippen molar-refractivity contribution in [3.05, 3.63) is 48.3 Å². The van der Waals surface area contributed by atoms with E-state index in [0.29, 0.717) is 6.54 Å². The van der Waals surface area contributed by atoms with Gasteiger partial charge in [0, 0.05) is 11.8 Å². The highest BCUT2D eigenvalue weighted by Crippen LogP contribution is 2.34. The summed E-state index contributed by atoms with van der Waals surface area (Å²) in [5, 5.41) is 0.915. The van der Waals surface area contributed by atoms with Crippen molar-refractivity contribution in [1.29, 1.82) is 0 Å². The van der Waals surface area contributed by atoms with Crippen molar-refractivity contribution < 1.29 is 8.68 Å². The number of aromatic nitrogens is 4. The van der Waals surface area contributed by atoms with Gasteiger partial charge < -0.3 is 0 Å². The molecule has 0 saturated carbocycles. The summed E-state index contributed by atoms with van der Waals surface area (Å²) in [4.78, 5) is 4.19. The molecule has 0 N–H and O–H groups in total. The minimum absolute atomic E-state index is 0.683. The van der Waals surface area contributed by atoms with Crippen molar-refractivity contribution in [2.24, 2.45) is 14.0 Å². The molecule has 1 aliphatic rings. The molecule has 4 heteroatoms. The minimum atomic E-state index is -2.26. The molecule has 4 nitrogen and oxygen atoms in total. The lowest BCUT2D eigenvalue weighted by Gasteiger charge is -1.97. The zero-order chi connectivity index (χ0) is 16.6. The second kappa shape index (κ2) is 3.52. The molecule has 0 atom stereocenters. The fourth-order valence-electron chi connectivity index (χ4n) is 3.57. The van der Waals surface area contributed by atoms with E-state index in [1.165, 1.54) is 4.57 Å². The SMILES string of the molecule is [2H]C([2H])([2H])n1c2[n+](c3c1c1ccncc1n3C)Cc1ccccc1-2. The van der Waals surface area contributed by atoms with Crippen molar-refractivity contribution in [2.75, 3.05) is 0 Å². The third kappa shape index (κ3) is 1.17. The topological polar surface area (TPSA) is 26.6 Å². The van der Waals surface area contributed by atoms with Crippen molar-refractivity contribution in [3.63, 3.8) is 0 Å². The van der Waals surface area contributed by atoms with E-state index in [4.69, 9.17) is 4.11 Å². The average Bonchev–Trinajstić information content (AvgIpc) is 3.15. The van der Waals surface area contributed by atoms with Gasteiger partial charge in [-0.05, 0) is 12.1 Å². The van der Waals surface area contributed by atoms with Gasteiger partial charge in [-0.1, -0.05) is 18.2 Å². The number of rotatable bonds is 0. The Bertz CT molecular complexity index is 1130. The Balaban J connectivity index is 2.05. The first-order valence-corrected chi connectivity index (χ1v) is 6.94. The molecule has 0 amide bonds. The first kappa shape index (κ1) is 8.62. The molecule has 4 heterocycles. The zero-order valence-corrected chi connectivity index (χ0v) is 11.5. The number of hydrogen-bond acceptors (Lipinski definition) is 1. The maximum Gasteiger partial charge on any atom is 0.269 e. The molecule has 0 fully saturated rings. The van der Waals surface area contributed by atoms with Crippen LogP contribution in [0.15, 0.2) is 42.7 Å². The van der Waals surface area contributed by atoms with Crippen molar-refractivity contribution >= 4 is 22.1 Å². The molecule has 0 radical (unpaired) electrons. The van der Waals surface area contributed by atoms with Crippen LogP contribution in [0.1, 0.15) is 9.68 Å². The minimum Gasteiger partial charge on any atom is -0.261 e. The van der Waals surface area contributed by atoms with Crippen molar-refractivity contribution in [3.8, 4) is 11.4 Å². The molecule has 4 aromatic rings. The first-order valence-electron chi connectivity index (χ1n) is 8.44. The molecule has 21 heavy (non-hydrogen) atoms. The van der Waals surface area contributed by atoms with Gasteiger partial charge in [0.1, 0.15) is 5.52 Å². The zero-order valence-electron chi connectivity index (χ0n) is 14.5. The van der Waals surface area contributed by atoms with Crippen LogP contribution in [0.25, 0.3) is 33.5 Å². The first-order chi connectivity index (χ1) is 11.5. The predicted octanol–water partition coefficient (Wildman–Crippen LogP) is 2.38. The Labute approximate surface area is 126 Å². The third-order valence-electron chi connectivity index (χ3n) is 4.48. The van der Waals surface area contributed by atoms with Crippen LogP contribution in [-0.2, 0) is 20.6 Å². The Morgan fingerprint density at radius 1 is 1.24 bits per heavy atom. The highest BCUT2D eigenvalue weighted by molar-refractivity contribution is 6.04. The quantitative estimate of drug-likeness (QED) is 0.399. The second-order valence-electron chi connectivity index (χ2n) is 5.53. The van der Waals surface area contributed by atoms with Gasteiger partial charge in [-0.3, -0.25) is 14.1 Å². The van der Waals surface area contributed by atoms with Crippen molar-refractivity contribution in [1.82, 2.24) is 14.1 Å². The lowest BCUT2D eigenvalue weighted by molar-refractivity contribution is -0.648. The molecule has 0 spiro atoms. The van der Waals surface area contributed by atoms with Crippen LogP contribution in [-0.4, -0.2) is 14.1 Å². The van der Waals surface area contributed by atoms with E-state index in [-0.39, 0.29) is 0 Å². The van der Waals surface area contributed by atoms with Gasteiger partial charge >= 0.3 is 0 Å². The lowest BCUT2D eigenvalue weighted by atomic mass is 10.1. The summed E-state index contributed by atoms with van der Waals surface area (Å²) in [7, 11) is 1.96. The van der Waals surface area contributed by atoms with Crippen LogP contribution >= 0.6 is 0 Å². The molecular formula is C17H15N4+. The fraction of sp³-hybridized carbons (Fsp3) is 0.176. The van der Waals surface area contributed by atoms with E-state index < -0.39 is 6.98 Å². The summed E-state index contributed by atoms with van der Waals surface area (Å²) in [5.74, 6) is 0.755. The van der Waals surface area contributed by atoms with Crippen LogP contribution in [0.4, 0.5) is 0 Å². The van der Waals surface area contributed by atoms with Crippen LogP contribution in [0, 0.1) is 0 Å². The van der Waals surface area contributed by atoms with E-state index in [2.05, 4.69) is 15.6 Å². The molecule has 102 valence electrons. The Hall–Kier alpha value is -2.62. The molecule has 0 bridgehead atoms. The summed E-state index contributed by atoms with van der Waals surface area (Å²) in [6.45, 7) is -1.57. The molecule has 1 aromatic carbocycles. The van der Waals surface area contributed by atoms with Crippen LogP contribution < -0.4 is 4.57 Å². The standard InChI is InChI=1S/C17H15N4/c1-19-14-9-18-8-7-13(14)15-17(19)21-10-11-5-3-4-6-12(11)16(21)20(15)2/h3-9H,10H2,1-2H3/q+1/i2D3. The van der Waals surface area contributed by atoms with Gasteiger partial charge in [0.2, 0.25) is 5.82 Å². The van der Waals surface area contributed by atoms with Gasteiger partial charge in [-0.15, -0.1) is 0 Å². The molecule has 5 rings (SSSR count). The number of fused-ring (bicyclic) bond motifs is 7. The molecule has 3 aromatic heterocycles. The molecule has 0 unspecified atom stereocenters. The average molecular weight is 278 g/mol. The Morgan fingerprint density at radius 3 is 3.05 bits per heavy atom. The number of hydrogen-bond donors (Lipinski definition) is 0. The lowest BCUT2D eigenvalue weighted by Crippen LogP contribution is -2.33. The van der Waals surface area contributed by atoms with Gasteiger partial charge in [-0.2, -0.15) is 0 Å². The maximum absolute atomic E-state index is 8.12. The smallest absolute Gasteiger partial charge is 0.261 e. The summed E-state index contributed by atoms with van der Waals surface area (Å²) in [6.07, 6.45) is 3.50. The predicted molar refractivity (Wildman–Crippen MR) is 81.9 cm³/mol. The number of nitrogens with zero attached hydrogens (tertiary/aromatic N) is 4. The molecule has 0 saturated heterocycles. The summed E-state index contributed by atoms with van der Waals surface area (Å²) >= 11 is 0. The monoisotopic (exact) mass is 278 g/mol. The highest BCUT2D eigenvalue weighted by Gasteiger charge is 2.34. The number of imidazole rings is 1. The normalized spacial score (nSPS) is 15.8. The van der Waals surface area contributed by atoms with Gasteiger partial charge in [-0.25, -0.2) is 4.57 Å². The van der Waals surface area contributed by atoms with E-state index in [0.717, 1.165) is 39.0 Å². The number of pyridine rings is 1. The largest absolute Gasteiger partial charge is 0.269 e. The molecule has 0 aliphatic carbocycles. The Morgan fingerprint density at radius 2 is 2.14 bits per heavy atom. The fourth-order valence-corrected chi connectivity index (χ4v) is 3.57. The van der Waals surface area contributed by atoms with E-state index in [1.807, 2.05) is 35.9 Å². The summed E-state index contributed by atoms with van der Waals surface area (Å²) in [5.41, 5.74) is 4.74. The highest BCUT2D eigenvalue weighted by atomic mass is 15.2. The molecular weight excluding hydrogens is 260 g/mol. The van der Waals surface area contributed by atoms with Crippen molar-refractivity contribution in [2.45, 2.75) is 6.54 Å². The summed E-state index contributed by atoms with van der Waals surface area (Å²) in [6, 6.07) is 9.90. The number of aryl methyl sites for hydroxylation is 2. The Kier molecular flexibility index (Phi) is 1.45. The maximum atomic E-state index is 8.12. The van der Waals surface area contributed by atoms with E-state index in [1.54, 1.807) is 12.4 Å². The van der Waals surface area contributed by atoms with Crippen LogP contribution in [0.2, 0.25) is 0 Å². The van der Waals surface area contributed by atoms with Gasteiger partial charge in [0.15, 0.2) is 5.52 Å². The third-order valence-corrected chi connectivity index (χ3v) is 4.48. The summed E-state index contributed by atoms with van der Waals surface area (Å²) < 4.78 is 30.0. The van der Waals surface area contributed by atoms with E-state index >= 15 is 0 Å². The van der Waals surface area contributed by atoms with Crippen LogP contribution in [0.5, 0.6) is 0 Å². The molecule has 1 aliphatic heterocycles. The van der Waals surface area contributed by atoms with Crippen LogP contribution in [0.3, 0.4) is 0 Å². The van der Waals surface area contributed by atoms with Gasteiger partial charge in [0.05, 0.1) is 41.8 Å². The van der Waals surface area contributed by atoms with Gasteiger partial charge in [0.25, 0.3) is 5.65 Å². The number of benzene rings is 1. The second-order valence-corrected chi connectivity index (χ2v) is 5.53.